The molecule has 0 aliphatic carbocycles. The minimum atomic E-state index is -1.26. The van der Waals surface area contributed by atoms with Crippen molar-refractivity contribution in [3.05, 3.63) is 23.5 Å². The number of carbonyl (C=O) groups is 1. The molecule has 1 unspecified atom stereocenters. The van der Waals surface area contributed by atoms with Crippen molar-refractivity contribution in [3.63, 3.8) is 0 Å². The van der Waals surface area contributed by atoms with E-state index in [1.807, 2.05) is 4.90 Å². The van der Waals surface area contributed by atoms with E-state index in [1.54, 1.807) is 6.07 Å². The zero-order valence-electron chi connectivity index (χ0n) is 12.4. The summed E-state index contributed by atoms with van der Waals surface area (Å²) in [5.74, 6) is -0.859. The van der Waals surface area contributed by atoms with E-state index in [0.717, 1.165) is 32.4 Å². The molecular formula is C16H21FN2O2. The van der Waals surface area contributed by atoms with Gasteiger partial charge in [-0.3, -0.25) is 4.79 Å². The molecule has 5 heteroatoms. The lowest BCUT2D eigenvalue weighted by atomic mass is 9.85. The van der Waals surface area contributed by atoms with Gasteiger partial charge in [-0.2, -0.15) is 0 Å². The Labute approximate surface area is 124 Å². The van der Waals surface area contributed by atoms with E-state index >= 15 is 0 Å². The van der Waals surface area contributed by atoms with E-state index in [9.17, 15) is 14.3 Å². The maximum atomic E-state index is 14.4. The van der Waals surface area contributed by atoms with Crippen LogP contribution in [0.5, 0.6) is 0 Å². The van der Waals surface area contributed by atoms with Crippen molar-refractivity contribution in [2.45, 2.75) is 39.2 Å². The van der Waals surface area contributed by atoms with E-state index in [0.29, 0.717) is 16.9 Å². The fraction of sp³-hybridized carbons (Fsp3) is 0.562. The van der Waals surface area contributed by atoms with E-state index in [1.165, 1.54) is 6.07 Å². The Kier molecular flexibility index (Phi) is 3.40. The number of aliphatic hydroxyl groups excluding tert-OH is 1. The van der Waals surface area contributed by atoms with E-state index in [2.05, 4.69) is 19.2 Å². The van der Waals surface area contributed by atoms with Crippen LogP contribution in [0.25, 0.3) is 0 Å². The second kappa shape index (κ2) is 4.98. The molecule has 1 amide bonds. The lowest BCUT2D eigenvalue weighted by Crippen LogP contribution is -2.26. The van der Waals surface area contributed by atoms with Crippen LogP contribution in [0.1, 0.15) is 44.8 Å². The van der Waals surface area contributed by atoms with Gasteiger partial charge in [0.2, 0.25) is 0 Å². The predicted molar refractivity (Wildman–Crippen MR) is 79.8 cm³/mol. The number of fused-ring (bicyclic) bond motifs is 1. The number of carbonyl (C=O) groups excluding carboxylic acids is 1. The predicted octanol–water partition coefficient (Wildman–Crippen LogP) is 2.83. The van der Waals surface area contributed by atoms with Crippen molar-refractivity contribution in [1.82, 2.24) is 0 Å². The van der Waals surface area contributed by atoms with Gasteiger partial charge in [0, 0.05) is 24.3 Å². The number of aliphatic hydroxyl groups is 1. The summed E-state index contributed by atoms with van der Waals surface area (Å²) in [5.41, 5.74) is 1.65. The molecule has 0 aromatic heterocycles. The monoisotopic (exact) mass is 292 g/mol. The summed E-state index contributed by atoms with van der Waals surface area (Å²) in [5, 5.41) is 12.3. The summed E-state index contributed by atoms with van der Waals surface area (Å²) in [7, 11) is 0. The molecule has 2 N–H and O–H groups in total. The summed E-state index contributed by atoms with van der Waals surface area (Å²) in [6.45, 7) is 6.10. The molecule has 1 aromatic carbocycles. The van der Waals surface area contributed by atoms with Crippen LogP contribution < -0.4 is 10.2 Å². The molecule has 2 aliphatic heterocycles. The van der Waals surface area contributed by atoms with Gasteiger partial charge in [0.25, 0.3) is 5.91 Å². The standard InChI is InChI=1S/C16H21FN2O2/c1-16(2)4-3-6-19(7-5-16)13-9-12-10(8-11(13)17)14(20)15(21)18-12/h8-9,14,20H,3-7H2,1-2H3,(H,18,21). The fourth-order valence-electron chi connectivity index (χ4n) is 3.16. The Balaban J connectivity index is 1.90. The molecule has 4 nitrogen and oxygen atoms in total. The van der Waals surface area contributed by atoms with Gasteiger partial charge in [-0.25, -0.2) is 4.39 Å². The molecule has 0 spiro atoms. The maximum Gasteiger partial charge on any atom is 0.257 e. The van der Waals surface area contributed by atoms with Gasteiger partial charge in [-0.1, -0.05) is 13.8 Å². The lowest BCUT2D eigenvalue weighted by Gasteiger charge is -2.25. The summed E-state index contributed by atoms with van der Waals surface area (Å²) in [4.78, 5) is 13.5. The van der Waals surface area contributed by atoms with Gasteiger partial charge in [-0.05, 0) is 36.8 Å². The number of benzene rings is 1. The summed E-state index contributed by atoms with van der Waals surface area (Å²) < 4.78 is 14.4. The first-order valence-corrected chi connectivity index (χ1v) is 7.45. The molecule has 114 valence electrons. The SMILES string of the molecule is CC1(C)CCCN(c2cc3c(cc2F)C(O)C(=O)N3)CC1. The van der Waals surface area contributed by atoms with E-state index in [4.69, 9.17) is 0 Å². The first-order valence-electron chi connectivity index (χ1n) is 7.45. The van der Waals surface area contributed by atoms with Crippen LogP contribution >= 0.6 is 0 Å². The molecule has 1 fully saturated rings. The number of hydrogen-bond donors (Lipinski definition) is 2. The molecule has 3 rings (SSSR count). The Bertz CT molecular complexity index is 586. The van der Waals surface area contributed by atoms with Crippen LogP contribution in [0.4, 0.5) is 15.8 Å². The molecule has 0 bridgehead atoms. The second-order valence-electron chi connectivity index (χ2n) is 6.79. The Hall–Kier alpha value is -1.62. The van der Waals surface area contributed by atoms with Crippen LogP contribution in [0.2, 0.25) is 0 Å². The van der Waals surface area contributed by atoms with Crippen molar-refractivity contribution in [1.29, 1.82) is 0 Å². The quantitative estimate of drug-likeness (QED) is 0.837. The highest BCUT2D eigenvalue weighted by atomic mass is 19.1. The van der Waals surface area contributed by atoms with Gasteiger partial charge in [0.1, 0.15) is 5.82 Å². The highest BCUT2D eigenvalue weighted by Gasteiger charge is 2.31. The highest BCUT2D eigenvalue weighted by Crippen LogP contribution is 2.38. The number of nitrogens with zero attached hydrogens (tertiary/aromatic N) is 1. The topological polar surface area (TPSA) is 52.6 Å². The molecule has 1 atom stereocenters. The minimum Gasteiger partial charge on any atom is -0.378 e. The van der Waals surface area contributed by atoms with E-state index < -0.39 is 12.0 Å². The second-order valence-corrected chi connectivity index (χ2v) is 6.79. The van der Waals surface area contributed by atoms with Gasteiger partial charge in [-0.15, -0.1) is 0 Å². The van der Waals surface area contributed by atoms with Crippen molar-refractivity contribution < 1.29 is 14.3 Å². The Morgan fingerprint density at radius 2 is 2.10 bits per heavy atom. The van der Waals surface area contributed by atoms with E-state index in [-0.39, 0.29) is 11.2 Å². The first kappa shape index (κ1) is 14.3. The fourth-order valence-corrected chi connectivity index (χ4v) is 3.16. The van der Waals surface area contributed by atoms with Crippen molar-refractivity contribution in [2.75, 3.05) is 23.3 Å². The molecule has 0 radical (unpaired) electrons. The third-order valence-corrected chi connectivity index (χ3v) is 4.60. The van der Waals surface area contributed by atoms with Gasteiger partial charge in [0.05, 0.1) is 5.69 Å². The van der Waals surface area contributed by atoms with Crippen LogP contribution in [-0.2, 0) is 4.79 Å². The van der Waals surface area contributed by atoms with Crippen molar-refractivity contribution >= 4 is 17.3 Å². The molecule has 0 saturated carbocycles. The molecule has 2 heterocycles. The van der Waals surface area contributed by atoms with Gasteiger partial charge < -0.3 is 15.3 Å². The Morgan fingerprint density at radius 3 is 2.86 bits per heavy atom. The molecule has 21 heavy (non-hydrogen) atoms. The zero-order chi connectivity index (χ0) is 15.2. The first-order chi connectivity index (χ1) is 9.87. The molecule has 2 aliphatic rings. The summed E-state index contributed by atoms with van der Waals surface area (Å²) in [6.07, 6.45) is 1.91. The number of amides is 1. The maximum absolute atomic E-state index is 14.4. The molecule has 1 aromatic rings. The molecular weight excluding hydrogens is 271 g/mol. The Morgan fingerprint density at radius 1 is 1.33 bits per heavy atom. The summed E-state index contributed by atoms with van der Waals surface area (Å²) in [6, 6.07) is 2.93. The van der Waals surface area contributed by atoms with Crippen molar-refractivity contribution in [3.8, 4) is 0 Å². The lowest BCUT2D eigenvalue weighted by molar-refractivity contribution is -0.123. The van der Waals surface area contributed by atoms with Crippen LogP contribution in [-0.4, -0.2) is 24.1 Å². The minimum absolute atomic E-state index is 0.284. The summed E-state index contributed by atoms with van der Waals surface area (Å²) >= 11 is 0. The third-order valence-electron chi connectivity index (χ3n) is 4.60. The van der Waals surface area contributed by atoms with Crippen molar-refractivity contribution in [2.24, 2.45) is 5.41 Å². The van der Waals surface area contributed by atoms with Crippen LogP contribution in [0.15, 0.2) is 12.1 Å². The van der Waals surface area contributed by atoms with Gasteiger partial charge >= 0.3 is 0 Å². The smallest absolute Gasteiger partial charge is 0.257 e. The highest BCUT2D eigenvalue weighted by molar-refractivity contribution is 6.02. The number of rotatable bonds is 1. The average Bonchev–Trinajstić information content (AvgIpc) is 2.59. The number of anilines is 2. The normalized spacial score (nSPS) is 24.5. The number of nitrogens with one attached hydrogen (secondary N) is 1. The number of hydrogen-bond acceptors (Lipinski definition) is 3. The third kappa shape index (κ3) is 2.62. The van der Waals surface area contributed by atoms with Crippen LogP contribution in [0, 0.1) is 11.2 Å². The molecule has 1 saturated heterocycles. The zero-order valence-corrected chi connectivity index (χ0v) is 12.4. The average molecular weight is 292 g/mol. The number of halogens is 1. The largest absolute Gasteiger partial charge is 0.378 e. The van der Waals surface area contributed by atoms with Gasteiger partial charge in [0.15, 0.2) is 6.10 Å². The van der Waals surface area contributed by atoms with Crippen LogP contribution in [0.3, 0.4) is 0 Å².